The molecule has 29 heavy (non-hydrogen) atoms. The minimum atomic E-state index is -0.629. The van der Waals surface area contributed by atoms with Gasteiger partial charge in [0.1, 0.15) is 11.6 Å². The Morgan fingerprint density at radius 3 is 2.76 bits per heavy atom. The minimum Gasteiger partial charge on any atom is -0.389 e. The first kappa shape index (κ1) is 19.6. The van der Waals surface area contributed by atoms with Gasteiger partial charge in [-0.2, -0.15) is 0 Å². The summed E-state index contributed by atoms with van der Waals surface area (Å²) >= 11 is 0. The van der Waals surface area contributed by atoms with Gasteiger partial charge in [-0.25, -0.2) is 9.97 Å². The van der Waals surface area contributed by atoms with Gasteiger partial charge >= 0.3 is 0 Å². The van der Waals surface area contributed by atoms with Gasteiger partial charge in [0.25, 0.3) is 5.91 Å². The quantitative estimate of drug-likeness (QED) is 0.736. The van der Waals surface area contributed by atoms with Crippen molar-refractivity contribution >= 4 is 16.9 Å². The fraction of sp³-hybridized carbons (Fsp3) is 0.500. The van der Waals surface area contributed by atoms with E-state index in [0.717, 1.165) is 48.5 Å². The Labute approximate surface area is 171 Å². The van der Waals surface area contributed by atoms with Gasteiger partial charge in [0.2, 0.25) is 0 Å². The number of rotatable bonds is 4. The highest BCUT2D eigenvalue weighted by molar-refractivity contribution is 5.97. The minimum absolute atomic E-state index is 0.0584. The molecule has 2 aromatic heterocycles. The monoisotopic (exact) mass is 395 g/mol. The maximum Gasteiger partial charge on any atom is 0.254 e. The van der Waals surface area contributed by atoms with Crippen LogP contribution in [0.2, 0.25) is 0 Å². The molecule has 0 bridgehead atoms. The van der Waals surface area contributed by atoms with E-state index in [9.17, 15) is 9.90 Å². The molecule has 1 fully saturated rings. The van der Waals surface area contributed by atoms with Crippen molar-refractivity contribution in [3.8, 4) is 0 Å². The number of hydrogen-bond acceptors (Lipinski definition) is 4. The van der Waals surface area contributed by atoms with Gasteiger partial charge in [-0.3, -0.25) is 4.79 Å². The Bertz CT molecular complexity index is 1040. The van der Waals surface area contributed by atoms with Crippen LogP contribution in [0.4, 0.5) is 0 Å². The maximum absolute atomic E-state index is 13.2. The summed E-state index contributed by atoms with van der Waals surface area (Å²) < 4.78 is 4.16. The third kappa shape index (κ3) is 3.33. The third-order valence-electron chi connectivity index (χ3n) is 6.33. The van der Waals surface area contributed by atoms with Gasteiger partial charge in [-0.1, -0.05) is 0 Å². The van der Waals surface area contributed by atoms with Crippen molar-refractivity contribution in [2.45, 2.75) is 64.8 Å². The average Bonchev–Trinajstić information content (AvgIpc) is 3.28. The third-order valence-corrected chi connectivity index (χ3v) is 6.33. The predicted molar refractivity (Wildman–Crippen MR) is 112 cm³/mol. The molecule has 3 atom stereocenters. The molecule has 154 valence electrons. The van der Waals surface area contributed by atoms with Crippen LogP contribution in [0.25, 0.3) is 11.0 Å². The van der Waals surface area contributed by atoms with Crippen molar-refractivity contribution in [3.05, 3.63) is 47.8 Å². The standard InChI is InChI=1S/C22H29N5O2/c1-5-26-15(3)24-17-13-16(9-10-18(17)26)22(29)25(4)19-7-6-8-20(21(19)28)27-12-11-23-14(27)2/h9-13,19-21,28H,5-8H2,1-4H3/t19-,20-,21-/m1/s1. The summed E-state index contributed by atoms with van der Waals surface area (Å²) in [5.74, 6) is 1.75. The number of amides is 1. The number of likely N-dealkylation sites (N-methyl/N-ethyl adjacent to an activating group) is 1. The number of aliphatic hydroxyl groups excluding tert-OH is 1. The van der Waals surface area contributed by atoms with Gasteiger partial charge in [0.15, 0.2) is 0 Å². The van der Waals surface area contributed by atoms with Crippen molar-refractivity contribution in [2.24, 2.45) is 0 Å². The first-order chi connectivity index (χ1) is 13.9. The number of aromatic nitrogens is 4. The fourth-order valence-corrected chi connectivity index (χ4v) is 4.74. The zero-order valence-electron chi connectivity index (χ0n) is 17.5. The van der Waals surface area contributed by atoms with Gasteiger partial charge in [-0.15, -0.1) is 0 Å². The van der Waals surface area contributed by atoms with Gasteiger partial charge in [0, 0.05) is 31.5 Å². The van der Waals surface area contributed by atoms with E-state index in [1.165, 1.54) is 0 Å². The summed E-state index contributed by atoms with van der Waals surface area (Å²) in [6.07, 6.45) is 5.67. The van der Waals surface area contributed by atoms with Gasteiger partial charge in [0.05, 0.1) is 29.2 Å². The molecule has 0 spiro atoms. The molecule has 1 N–H and O–H groups in total. The number of nitrogens with zero attached hydrogens (tertiary/aromatic N) is 5. The van der Waals surface area contributed by atoms with E-state index in [1.54, 1.807) is 18.1 Å². The molecule has 4 rings (SSSR count). The molecule has 0 radical (unpaired) electrons. The highest BCUT2D eigenvalue weighted by atomic mass is 16.3. The number of fused-ring (bicyclic) bond motifs is 1. The second kappa shape index (κ2) is 7.63. The molecule has 3 aromatic rings. The van der Waals surface area contributed by atoms with Crippen LogP contribution in [0.5, 0.6) is 0 Å². The van der Waals surface area contributed by atoms with E-state index < -0.39 is 6.10 Å². The van der Waals surface area contributed by atoms with Crippen LogP contribution in [-0.4, -0.2) is 54.2 Å². The molecule has 0 aliphatic heterocycles. The predicted octanol–water partition coefficient (Wildman–Crippen LogP) is 3.10. The first-order valence-electron chi connectivity index (χ1n) is 10.3. The van der Waals surface area contributed by atoms with Crippen molar-refractivity contribution in [2.75, 3.05) is 7.05 Å². The molecule has 7 nitrogen and oxygen atoms in total. The van der Waals surface area contributed by atoms with Crippen LogP contribution in [0.3, 0.4) is 0 Å². The molecule has 1 aliphatic carbocycles. The summed E-state index contributed by atoms with van der Waals surface area (Å²) in [6.45, 7) is 6.86. The van der Waals surface area contributed by atoms with E-state index in [0.29, 0.717) is 5.56 Å². The summed E-state index contributed by atoms with van der Waals surface area (Å²) in [7, 11) is 1.79. The topological polar surface area (TPSA) is 76.2 Å². The molecule has 0 unspecified atom stereocenters. The Balaban J connectivity index is 1.58. The molecule has 1 amide bonds. The van der Waals surface area contributed by atoms with Crippen LogP contribution < -0.4 is 0 Å². The van der Waals surface area contributed by atoms with E-state index >= 15 is 0 Å². The Morgan fingerprint density at radius 1 is 1.28 bits per heavy atom. The maximum atomic E-state index is 13.2. The molecule has 0 saturated heterocycles. The second-order valence-electron chi connectivity index (χ2n) is 7.96. The first-order valence-corrected chi connectivity index (χ1v) is 10.3. The number of carbonyl (C=O) groups excluding carboxylic acids is 1. The smallest absolute Gasteiger partial charge is 0.254 e. The van der Waals surface area contributed by atoms with Crippen LogP contribution in [0, 0.1) is 13.8 Å². The van der Waals surface area contributed by atoms with E-state index in [4.69, 9.17) is 0 Å². The summed E-state index contributed by atoms with van der Waals surface area (Å²) in [5.41, 5.74) is 2.48. The molecular weight excluding hydrogens is 366 g/mol. The molecule has 2 heterocycles. The molecule has 1 aliphatic rings. The average molecular weight is 396 g/mol. The largest absolute Gasteiger partial charge is 0.389 e. The van der Waals surface area contributed by atoms with Gasteiger partial charge < -0.3 is 19.1 Å². The van der Waals surface area contributed by atoms with Crippen LogP contribution >= 0.6 is 0 Å². The molecule has 1 saturated carbocycles. The number of benzene rings is 1. The van der Waals surface area contributed by atoms with Crippen molar-refractivity contribution in [1.29, 1.82) is 0 Å². The lowest BCUT2D eigenvalue weighted by Crippen LogP contribution is -2.50. The van der Waals surface area contributed by atoms with E-state index in [2.05, 4.69) is 21.5 Å². The zero-order chi connectivity index (χ0) is 20.7. The Morgan fingerprint density at radius 2 is 2.07 bits per heavy atom. The lowest BCUT2D eigenvalue weighted by molar-refractivity contribution is -0.00127. The Kier molecular flexibility index (Phi) is 5.17. The van der Waals surface area contributed by atoms with Crippen LogP contribution in [0.1, 0.15) is 54.2 Å². The lowest BCUT2D eigenvalue weighted by Gasteiger charge is -2.40. The van der Waals surface area contributed by atoms with E-state index in [-0.39, 0.29) is 18.0 Å². The number of aryl methyl sites for hydroxylation is 3. The number of hydrogen-bond donors (Lipinski definition) is 1. The highest BCUT2D eigenvalue weighted by Gasteiger charge is 2.37. The summed E-state index contributed by atoms with van der Waals surface area (Å²) in [6, 6.07) is 5.40. The van der Waals surface area contributed by atoms with E-state index in [1.807, 2.05) is 42.8 Å². The van der Waals surface area contributed by atoms with Crippen molar-refractivity contribution in [1.82, 2.24) is 24.0 Å². The van der Waals surface area contributed by atoms with Crippen LogP contribution in [-0.2, 0) is 6.54 Å². The normalized spacial score (nSPS) is 22.2. The van der Waals surface area contributed by atoms with Gasteiger partial charge in [-0.05, 0) is 58.2 Å². The zero-order valence-corrected chi connectivity index (χ0v) is 17.5. The molecule has 7 heteroatoms. The number of imidazole rings is 2. The highest BCUT2D eigenvalue weighted by Crippen LogP contribution is 2.33. The Hall–Kier alpha value is -2.67. The van der Waals surface area contributed by atoms with Crippen molar-refractivity contribution < 1.29 is 9.90 Å². The fourth-order valence-electron chi connectivity index (χ4n) is 4.74. The number of carbonyl (C=O) groups is 1. The number of aliphatic hydroxyl groups is 1. The SMILES string of the molecule is CCn1c(C)nc2cc(C(=O)N(C)[C@@H]3CCC[C@@H](n4ccnc4C)[C@@H]3O)ccc21. The van der Waals surface area contributed by atoms with Crippen molar-refractivity contribution in [3.63, 3.8) is 0 Å². The second-order valence-corrected chi connectivity index (χ2v) is 7.96. The van der Waals surface area contributed by atoms with Crippen LogP contribution in [0.15, 0.2) is 30.6 Å². The lowest BCUT2D eigenvalue weighted by atomic mass is 9.86. The summed E-state index contributed by atoms with van der Waals surface area (Å²) in [4.78, 5) is 23.8. The molecule has 1 aromatic carbocycles. The molecular formula is C22H29N5O2. The summed E-state index contributed by atoms with van der Waals surface area (Å²) in [5, 5.41) is 11.1.